The van der Waals surface area contributed by atoms with Gasteiger partial charge in [0.05, 0.1) is 5.37 Å². The van der Waals surface area contributed by atoms with E-state index in [-0.39, 0.29) is 18.1 Å². The Balaban J connectivity index is 1.90. The standard InChI is InChI=1S/C14H15NO5S/c1-2-12-15(9(6-21-12)14(17)18)13(16)8-3-4-10-11(5-8)20-7-19-10/h3-5,9,12H,2,6-7H2,1H3,(H,17,18). The number of thioether (sulfide) groups is 1. The van der Waals surface area contributed by atoms with Gasteiger partial charge in [-0.15, -0.1) is 11.8 Å². The minimum Gasteiger partial charge on any atom is -0.480 e. The van der Waals surface area contributed by atoms with Crippen molar-refractivity contribution in [1.29, 1.82) is 0 Å². The second kappa shape index (κ2) is 5.48. The lowest BCUT2D eigenvalue weighted by Crippen LogP contribution is -2.45. The zero-order valence-corrected chi connectivity index (χ0v) is 12.3. The van der Waals surface area contributed by atoms with Crippen molar-refractivity contribution in [2.75, 3.05) is 12.5 Å². The molecule has 1 N–H and O–H groups in total. The second-order valence-electron chi connectivity index (χ2n) is 4.83. The minimum absolute atomic E-state index is 0.107. The number of carbonyl (C=O) groups is 2. The fraction of sp³-hybridized carbons (Fsp3) is 0.429. The molecule has 6 nitrogen and oxygen atoms in total. The van der Waals surface area contributed by atoms with Crippen molar-refractivity contribution in [3.05, 3.63) is 23.8 Å². The Morgan fingerprint density at radius 3 is 2.86 bits per heavy atom. The molecule has 0 spiro atoms. The maximum atomic E-state index is 12.7. The number of rotatable bonds is 3. The van der Waals surface area contributed by atoms with Gasteiger partial charge in [0.25, 0.3) is 5.91 Å². The summed E-state index contributed by atoms with van der Waals surface area (Å²) in [5.41, 5.74) is 0.423. The van der Waals surface area contributed by atoms with Crippen LogP contribution >= 0.6 is 11.8 Å². The third-order valence-electron chi connectivity index (χ3n) is 3.58. The summed E-state index contributed by atoms with van der Waals surface area (Å²) in [5.74, 6) is 0.298. The van der Waals surface area contributed by atoms with E-state index in [9.17, 15) is 14.7 Å². The number of amides is 1. The van der Waals surface area contributed by atoms with Gasteiger partial charge in [-0.05, 0) is 24.6 Å². The molecule has 2 aliphatic rings. The molecule has 1 saturated heterocycles. The van der Waals surface area contributed by atoms with Crippen molar-refractivity contribution in [1.82, 2.24) is 4.90 Å². The molecule has 0 bridgehead atoms. The van der Waals surface area contributed by atoms with Crippen LogP contribution in [0.3, 0.4) is 0 Å². The van der Waals surface area contributed by atoms with E-state index in [0.29, 0.717) is 29.2 Å². The highest BCUT2D eigenvalue weighted by atomic mass is 32.2. The number of hydrogen-bond donors (Lipinski definition) is 1. The summed E-state index contributed by atoms with van der Waals surface area (Å²) in [6.45, 7) is 2.09. The van der Waals surface area contributed by atoms with Crippen molar-refractivity contribution in [2.45, 2.75) is 24.8 Å². The number of carboxylic acids is 1. The molecular formula is C14H15NO5S. The third kappa shape index (κ3) is 2.42. The topological polar surface area (TPSA) is 76.1 Å². The minimum atomic E-state index is -0.965. The van der Waals surface area contributed by atoms with Gasteiger partial charge >= 0.3 is 5.97 Å². The van der Waals surface area contributed by atoms with Crippen molar-refractivity contribution in [3.63, 3.8) is 0 Å². The molecule has 0 aliphatic carbocycles. The molecule has 2 aliphatic heterocycles. The van der Waals surface area contributed by atoms with Crippen molar-refractivity contribution >= 4 is 23.6 Å². The van der Waals surface area contributed by atoms with E-state index < -0.39 is 12.0 Å². The van der Waals surface area contributed by atoms with E-state index >= 15 is 0 Å². The number of carbonyl (C=O) groups excluding carboxylic acids is 1. The molecule has 2 atom stereocenters. The first-order valence-corrected chi connectivity index (χ1v) is 7.73. The highest BCUT2D eigenvalue weighted by molar-refractivity contribution is 8.00. The monoisotopic (exact) mass is 309 g/mol. The van der Waals surface area contributed by atoms with E-state index in [0.717, 1.165) is 0 Å². The number of ether oxygens (including phenoxy) is 2. The number of benzene rings is 1. The van der Waals surface area contributed by atoms with Crippen LogP contribution < -0.4 is 9.47 Å². The highest BCUT2D eigenvalue weighted by Crippen LogP contribution is 2.36. The average Bonchev–Trinajstić information content (AvgIpc) is 3.11. The van der Waals surface area contributed by atoms with Crippen LogP contribution in [0, 0.1) is 0 Å². The summed E-state index contributed by atoms with van der Waals surface area (Å²) in [6, 6.07) is 4.15. The van der Waals surface area contributed by atoms with Gasteiger partial charge < -0.3 is 19.5 Å². The Bertz CT molecular complexity index is 591. The van der Waals surface area contributed by atoms with Crippen LogP contribution in [-0.4, -0.2) is 45.8 Å². The van der Waals surface area contributed by atoms with E-state index in [1.807, 2.05) is 6.92 Å². The molecule has 2 heterocycles. The largest absolute Gasteiger partial charge is 0.480 e. The Hall–Kier alpha value is -1.89. The number of hydrogen-bond acceptors (Lipinski definition) is 5. The van der Waals surface area contributed by atoms with Crippen molar-refractivity contribution in [2.24, 2.45) is 0 Å². The lowest BCUT2D eigenvalue weighted by Gasteiger charge is -2.26. The maximum Gasteiger partial charge on any atom is 0.327 e. The van der Waals surface area contributed by atoms with Crippen LogP contribution in [0.2, 0.25) is 0 Å². The first kappa shape index (κ1) is 14.1. The van der Waals surface area contributed by atoms with E-state index in [1.54, 1.807) is 18.2 Å². The predicted octanol–water partition coefficient (Wildman–Crippen LogP) is 1.79. The van der Waals surface area contributed by atoms with Crippen LogP contribution in [0.4, 0.5) is 0 Å². The van der Waals surface area contributed by atoms with Crippen molar-refractivity contribution in [3.8, 4) is 11.5 Å². The smallest absolute Gasteiger partial charge is 0.327 e. The van der Waals surface area contributed by atoms with E-state index in [2.05, 4.69) is 0 Å². The molecular weight excluding hydrogens is 294 g/mol. The summed E-state index contributed by atoms with van der Waals surface area (Å²) in [5, 5.41) is 9.19. The van der Waals surface area contributed by atoms with Crippen molar-refractivity contribution < 1.29 is 24.2 Å². The highest BCUT2D eigenvalue weighted by Gasteiger charge is 2.41. The molecule has 112 valence electrons. The zero-order valence-electron chi connectivity index (χ0n) is 11.4. The van der Waals surface area contributed by atoms with Gasteiger partial charge in [0, 0.05) is 11.3 Å². The molecule has 1 amide bonds. The maximum absolute atomic E-state index is 12.7. The number of nitrogens with zero attached hydrogens (tertiary/aromatic N) is 1. The molecule has 1 aromatic carbocycles. The van der Waals surface area contributed by atoms with E-state index in [1.165, 1.54) is 16.7 Å². The summed E-state index contributed by atoms with van der Waals surface area (Å²) in [6.07, 6.45) is 0.713. The third-order valence-corrected chi connectivity index (χ3v) is 5.03. The van der Waals surface area contributed by atoms with Gasteiger partial charge in [-0.3, -0.25) is 4.79 Å². The van der Waals surface area contributed by atoms with E-state index in [4.69, 9.17) is 9.47 Å². The number of aliphatic carboxylic acids is 1. The van der Waals surface area contributed by atoms with Crippen LogP contribution in [0.5, 0.6) is 11.5 Å². The molecule has 0 aromatic heterocycles. The summed E-state index contributed by atoms with van der Waals surface area (Å²) >= 11 is 1.50. The van der Waals surface area contributed by atoms with Crippen LogP contribution in [0.15, 0.2) is 18.2 Å². The quantitative estimate of drug-likeness (QED) is 0.917. The molecule has 1 fully saturated rings. The molecule has 0 radical (unpaired) electrons. The Morgan fingerprint density at radius 1 is 1.38 bits per heavy atom. The van der Waals surface area contributed by atoms with Gasteiger partial charge in [0.1, 0.15) is 6.04 Å². The van der Waals surface area contributed by atoms with Crippen LogP contribution in [0.25, 0.3) is 0 Å². The average molecular weight is 309 g/mol. The molecule has 3 rings (SSSR count). The first-order chi connectivity index (χ1) is 10.1. The normalized spacial score (nSPS) is 23.4. The predicted molar refractivity (Wildman–Crippen MR) is 76.7 cm³/mol. The molecule has 21 heavy (non-hydrogen) atoms. The number of fused-ring (bicyclic) bond motifs is 1. The zero-order chi connectivity index (χ0) is 15.0. The van der Waals surface area contributed by atoms with Gasteiger partial charge in [0.2, 0.25) is 6.79 Å². The summed E-state index contributed by atoms with van der Waals surface area (Å²) < 4.78 is 10.5. The van der Waals surface area contributed by atoms with Gasteiger partial charge in [0.15, 0.2) is 11.5 Å². The molecule has 2 unspecified atom stereocenters. The first-order valence-electron chi connectivity index (χ1n) is 6.68. The summed E-state index contributed by atoms with van der Waals surface area (Å²) in [7, 11) is 0. The molecule has 7 heteroatoms. The lowest BCUT2D eigenvalue weighted by atomic mass is 10.1. The van der Waals surface area contributed by atoms with Gasteiger partial charge in [-0.2, -0.15) is 0 Å². The molecule has 1 aromatic rings. The summed E-state index contributed by atoms with van der Waals surface area (Å²) in [4.78, 5) is 25.5. The Labute approximate surface area is 126 Å². The van der Waals surface area contributed by atoms with Crippen LogP contribution in [0.1, 0.15) is 23.7 Å². The SMILES string of the molecule is CCC1SCC(C(=O)O)N1C(=O)c1ccc2c(c1)OCO2. The Morgan fingerprint density at radius 2 is 2.14 bits per heavy atom. The Kier molecular flexibility index (Phi) is 3.67. The lowest BCUT2D eigenvalue weighted by molar-refractivity contribution is -0.141. The number of carboxylic acid groups (broad SMARTS) is 1. The van der Waals surface area contributed by atoms with Crippen LogP contribution in [-0.2, 0) is 4.79 Å². The second-order valence-corrected chi connectivity index (χ2v) is 6.04. The molecule has 0 saturated carbocycles. The van der Waals surface area contributed by atoms with Gasteiger partial charge in [-0.25, -0.2) is 4.79 Å². The van der Waals surface area contributed by atoms with Gasteiger partial charge in [-0.1, -0.05) is 6.92 Å². The fourth-order valence-corrected chi connectivity index (χ4v) is 3.87. The fourth-order valence-electron chi connectivity index (χ4n) is 2.52.